The van der Waals surface area contributed by atoms with E-state index in [9.17, 15) is 4.79 Å². The summed E-state index contributed by atoms with van der Waals surface area (Å²) in [5.41, 5.74) is 0.294. The van der Waals surface area contributed by atoms with E-state index in [4.69, 9.17) is 16.3 Å². The quantitative estimate of drug-likeness (QED) is 0.701. The molecule has 0 aromatic carbocycles. The van der Waals surface area contributed by atoms with Crippen LogP contribution in [0, 0.1) is 11.8 Å². The molecule has 2 fully saturated rings. The lowest BCUT2D eigenvalue weighted by molar-refractivity contribution is -0.143. The lowest BCUT2D eigenvalue weighted by Crippen LogP contribution is -2.61. The molecule has 1 amide bonds. The number of nitrogens with zero attached hydrogens (tertiary/aromatic N) is 1. The number of hydrogen-bond donors (Lipinski definition) is 1. The number of hydrogen-bond acceptors (Lipinski definition) is 3. The molecule has 2 aliphatic heterocycles. The lowest BCUT2D eigenvalue weighted by atomic mass is 9.84. The number of likely N-dealkylation sites (tertiary alicyclic amines) is 1. The normalized spacial score (nSPS) is 22.0. The Hall–Kier alpha value is -1.26. The first kappa shape index (κ1) is 21.0. The van der Waals surface area contributed by atoms with Crippen LogP contribution in [0.15, 0.2) is 35.5 Å². The van der Waals surface area contributed by atoms with Crippen molar-refractivity contribution in [3.63, 3.8) is 0 Å². The molecular formula is C21H33ClN2O2. The highest BCUT2D eigenvalue weighted by Gasteiger charge is 2.43. The zero-order valence-electron chi connectivity index (χ0n) is 16.4. The summed E-state index contributed by atoms with van der Waals surface area (Å²) in [4.78, 5) is 15.5. The fraction of sp³-hybridized carbons (Fsp3) is 0.667. The van der Waals surface area contributed by atoms with Crippen molar-refractivity contribution in [1.29, 1.82) is 0 Å². The molecule has 146 valence electrons. The molecule has 5 heteroatoms. The smallest absolute Gasteiger partial charge is 0.248 e. The van der Waals surface area contributed by atoms with E-state index >= 15 is 0 Å². The van der Waals surface area contributed by atoms with Crippen LogP contribution in [0.5, 0.6) is 0 Å². The number of ether oxygens (including phenoxy) is 1. The summed E-state index contributed by atoms with van der Waals surface area (Å²) in [6.45, 7) is 13.1. The maximum absolute atomic E-state index is 13.5. The van der Waals surface area contributed by atoms with Crippen molar-refractivity contribution in [2.45, 2.75) is 52.0 Å². The van der Waals surface area contributed by atoms with Crippen molar-refractivity contribution in [3.05, 3.63) is 35.5 Å². The maximum atomic E-state index is 13.5. The van der Waals surface area contributed by atoms with Crippen molar-refractivity contribution in [3.8, 4) is 0 Å². The average Bonchev–Trinajstić information content (AvgIpc) is 2.65. The third-order valence-corrected chi connectivity index (χ3v) is 5.79. The van der Waals surface area contributed by atoms with Gasteiger partial charge in [-0.05, 0) is 43.8 Å². The van der Waals surface area contributed by atoms with Crippen LogP contribution in [0.1, 0.15) is 46.5 Å². The number of carbonyl (C=O) groups is 1. The molecule has 0 spiro atoms. The van der Waals surface area contributed by atoms with Crippen molar-refractivity contribution in [2.24, 2.45) is 11.8 Å². The van der Waals surface area contributed by atoms with E-state index in [1.165, 1.54) is 0 Å². The Bertz CT molecular complexity index is 554. The monoisotopic (exact) mass is 380 g/mol. The van der Waals surface area contributed by atoms with Crippen LogP contribution in [0.4, 0.5) is 0 Å². The third-order valence-electron chi connectivity index (χ3n) is 5.66. The molecule has 0 saturated carbocycles. The van der Waals surface area contributed by atoms with Crippen molar-refractivity contribution in [2.75, 3.05) is 26.3 Å². The van der Waals surface area contributed by atoms with E-state index < -0.39 is 5.54 Å². The number of amides is 1. The second kappa shape index (κ2) is 9.61. The van der Waals surface area contributed by atoms with Crippen molar-refractivity contribution < 1.29 is 9.53 Å². The molecule has 0 aliphatic carbocycles. The van der Waals surface area contributed by atoms with Crippen LogP contribution >= 0.6 is 11.6 Å². The van der Waals surface area contributed by atoms with Crippen LogP contribution in [-0.4, -0.2) is 42.6 Å². The van der Waals surface area contributed by atoms with Gasteiger partial charge < -0.3 is 15.0 Å². The molecule has 0 aromatic heterocycles. The summed E-state index contributed by atoms with van der Waals surface area (Å²) in [5.74, 6) is 1.62. The summed E-state index contributed by atoms with van der Waals surface area (Å²) >= 11 is 5.85. The second-order valence-electron chi connectivity index (χ2n) is 7.72. The van der Waals surface area contributed by atoms with Crippen LogP contribution in [0.3, 0.4) is 0 Å². The first-order valence-corrected chi connectivity index (χ1v) is 10.1. The molecule has 2 rings (SSSR count). The minimum Gasteiger partial charge on any atom is -0.381 e. The first-order valence-electron chi connectivity index (χ1n) is 9.72. The molecule has 0 atom stereocenters. The molecular weight excluding hydrogens is 348 g/mol. The number of allylic oxidation sites excluding steroid dienone is 4. The summed E-state index contributed by atoms with van der Waals surface area (Å²) in [5, 5.41) is 3.98. The Balaban J connectivity index is 2.13. The van der Waals surface area contributed by atoms with Crippen LogP contribution in [0.2, 0.25) is 0 Å². The van der Waals surface area contributed by atoms with E-state index in [0.29, 0.717) is 37.0 Å². The molecule has 26 heavy (non-hydrogen) atoms. The van der Waals surface area contributed by atoms with Gasteiger partial charge in [0.15, 0.2) is 0 Å². The van der Waals surface area contributed by atoms with Crippen molar-refractivity contribution in [1.82, 2.24) is 10.2 Å². The molecule has 0 bridgehead atoms. The largest absolute Gasteiger partial charge is 0.381 e. The molecule has 1 N–H and O–H groups in total. The van der Waals surface area contributed by atoms with Crippen LogP contribution in [0.25, 0.3) is 0 Å². The molecule has 0 unspecified atom stereocenters. The minimum absolute atomic E-state index is 0.209. The number of rotatable bonds is 6. The SMILES string of the molecule is C=C(Cl)/C=C\C(=CC)NC1(C(=O)N2CCC(C(C)C)CC2)CCOCC1. The van der Waals surface area contributed by atoms with E-state index in [2.05, 4.69) is 30.6 Å². The van der Waals surface area contributed by atoms with Crippen LogP contribution < -0.4 is 5.32 Å². The average molecular weight is 381 g/mol. The Kier molecular flexibility index (Phi) is 7.78. The standard InChI is InChI=1S/C21H33ClN2O2/c1-5-19(7-6-17(4)22)23-21(10-14-26-15-11-21)20(25)24-12-8-18(9-13-24)16(2)3/h5-7,16,18,23H,4,8-15H2,1-3H3/b7-6-,19-5?. The molecule has 4 nitrogen and oxygen atoms in total. The van der Waals surface area contributed by atoms with Gasteiger partial charge in [0.05, 0.1) is 0 Å². The second-order valence-corrected chi connectivity index (χ2v) is 8.20. The number of piperidine rings is 1. The van der Waals surface area contributed by atoms with Gasteiger partial charge in [0.1, 0.15) is 5.54 Å². The molecule has 2 aliphatic rings. The lowest BCUT2D eigenvalue weighted by Gasteiger charge is -2.43. The minimum atomic E-state index is -0.594. The Labute approximate surface area is 163 Å². The van der Waals surface area contributed by atoms with Gasteiger partial charge >= 0.3 is 0 Å². The van der Waals surface area contributed by atoms with Gasteiger partial charge in [0.2, 0.25) is 5.91 Å². The zero-order chi connectivity index (χ0) is 19.2. The first-order chi connectivity index (χ1) is 12.4. The Morgan fingerprint density at radius 3 is 2.38 bits per heavy atom. The summed E-state index contributed by atoms with van der Waals surface area (Å²) in [7, 11) is 0. The summed E-state index contributed by atoms with van der Waals surface area (Å²) < 4.78 is 5.54. The van der Waals surface area contributed by atoms with Gasteiger partial charge in [-0.25, -0.2) is 0 Å². The van der Waals surface area contributed by atoms with Gasteiger partial charge in [-0.3, -0.25) is 4.79 Å². The number of nitrogens with one attached hydrogen (secondary N) is 1. The van der Waals surface area contributed by atoms with E-state index in [1.54, 1.807) is 6.08 Å². The fourth-order valence-corrected chi connectivity index (χ4v) is 3.91. The van der Waals surface area contributed by atoms with Gasteiger partial charge in [-0.15, -0.1) is 0 Å². The molecule has 0 aromatic rings. The van der Waals surface area contributed by atoms with Gasteiger partial charge in [0, 0.05) is 49.9 Å². The zero-order valence-corrected chi connectivity index (χ0v) is 17.1. The summed E-state index contributed by atoms with van der Waals surface area (Å²) in [6, 6.07) is 0. The number of halogens is 1. The fourth-order valence-electron chi connectivity index (χ4n) is 3.85. The van der Waals surface area contributed by atoms with E-state index in [0.717, 1.165) is 37.5 Å². The molecule has 2 saturated heterocycles. The topological polar surface area (TPSA) is 41.6 Å². The van der Waals surface area contributed by atoms with E-state index in [-0.39, 0.29) is 5.91 Å². The number of carbonyl (C=O) groups excluding carboxylic acids is 1. The molecule has 0 radical (unpaired) electrons. The maximum Gasteiger partial charge on any atom is 0.248 e. The highest BCUT2D eigenvalue weighted by atomic mass is 35.5. The highest BCUT2D eigenvalue weighted by molar-refractivity contribution is 6.30. The van der Waals surface area contributed by atoms with Gasteiger partial charge in [0.25, 0.3) is 0 Å². The van der Waals surface area contributed by atoms with E-state index in [1.807, 2.05) is 19.1 Å². The Morgan fingerprint density at radius 2 is 1.88 bits per heavy atom. The molecule has 2 heterocycles. The third kappa shape index (κ3) is 5.37. The van der Waals surface area contributed by atoms with Crippen LogP contribution in [-0.2, 0) is 9.53 Å². The van der Waals surface area contributed by atoms with Gasteiger partial charge in [-0.1, -0.05) is 38.1 Å². The predicted molar refractivity (Wildman–Crippen MR) is 108 cm³/mol. The van der Waals surface area contributed by atoms with Gasteiger partial charge in [-0.2, -0.15) is 0 Å². The summed E-state index contributed by atoms with van der Waals surface area (Å²) in [6.07, 6.45) is 9.15. The Morgan fingerprint density at radius 1 is 1.27 bits per heavy atom. The van der Waals surface area contributed by atoms with Crippen molar-refractivity contribution >= 4 is 17.5 Å². The highest BCUT2D eigenvalue weighted by Crippen LogP contribution is 2.30. The predicted octanol–water partition coefficient (Wildman–Crippen LogP) is 4.23.